The van der Waals surface area contributed by atoms with Crippen molar-refractivity contribution in [1.82, 2.24) is 5.32 Å². The lowest BCUT2D eigenvalue weighted by molar-refractivity contribution is -0.143. The van der Waals surface area contributed by atoms with Crippen LogP contribution < -0.4 is 5.32 Å². The summed E-state index contributed by atoms with van der Waals surface area (Å²) in [6.45, 7) is 5.00. The summed E-state index contributed by atoms with van der Waals surface area (Å²) in [6.07, 6.45) is 80.1. The summed E-state index contributed by atoms with van der Waals surface area (Å²) in [7, 11) is 0. The fourth-order valence-corrected chi connectivity index (χ4v) is 11.5. The van der Waals surface area contributed by atoms with Crippen molar-refractivity contribution in [2.24, 2.45) is 0 Å². The van der Waals surface area contributed by atoms with E-state index >= 15 is 0 Å². The summed E-state index contributed by atoms with van der Waals surface area (Å²) in [5.74, 6) is -0.00525. The zero-order chi connectivity index (χ0) is 55.0. The lowest BCUT2D eigenvalue weighted by Gasteiger charge is -2.22. The van der Waals surface area contributed by atoms with Crippen LogP contribution in [-0.4, -0.2) is 47.4 Å². The van der Waals surface area contributed by atoms with Gasteiger partial charge in [-0.3, -0.25) is 9.59 Å². The highest BCUT2D eigenvalue weighted by molar-refractivity contribution is 5.76. The molecule has 0 aromatic heterocycles. The number of hydrogen-bond acceptors (Lipinski definition) is 5. The molecular formula is C70H139NO5. The molecule has 0 saturated heterocycles. The van der Waals surface area contributed by atoms with Crippen molar-refractivity contribution in [3.63, 3.8) is 0 Å². The summed E-state index contributed by atoms with van der Waals surface area (Å²) in [4.78, 5) is 24.6. The predicted molar refractivity (Wildman–Crippen MR) is 334 cm³/mol. The molecule has 0 radical (unpaired) electrons. The first-order chi connectivity index (χ1) is 37.5. The summed E-state index contributed by atoms with van der Waals surface area (Å²) >= 11 is 0. The Morgan fingerprint density at radius 2 is 0.539 bits per heavy atom. The van der Waals surface area contributed by atoms with Gasteiger partial charge in [-0.05, 0) is 25.7 Å². The first-order valence-corrected chi connectivity index (χ1v) is 35.3. The van der Waals surface area contributed by atoms with Gasteiger partial charge in [0.25, 0.3) is 0 Å². The summed E-state index contributed by atoms with van der Waals surface area (Å²) in [5.41, 5.74) is 0. The number of aliphatic hydroxyl groups is 2. The predicted octanol–water partition coefficient (Wildman–Crippen LogP) is 22.6. The topological polar surface area (TPSA) is 95.9 Å². The first-order valence-electron chi connectivity index (χ1n) is 35.3. The van der Waals surface area contributed by atoms with E-state index in [0.29, 0.717) is 25.9 Å². The quantitative estimate of drug-likeness (QED) is 0.0417. The van der Waals surface area contributed by atoms with Crippen LogP contribution in [0, 0.1) is 0 Å². The first kappa shape index (κ1) is 74.9. The fraction of sp³-hybridized carbons (Fsp3) is 0.971. The average molecular weight is 1070 g/mol. The van der Waals surface area contributed by atoms with Gasteiger partial charge in [0.15, 0.2) is 0 Å². The standard InChI is InChI=1S/C70H139NO5/c1-3-5-7-9-11-13-15-17-18-19-29-33-36-40-44-48-52-56-60-64-70(75)76-65-61-57-53-49-45-41-37-34-31-28-26-24-22-20-21-23-25-27-30-32-35-39-43-47-51-55-59-63-69(74)71-67(66-72)68(73)62-58-54-50-46-42-38-16-14-12-10-8-6-4-2/h67-68,72-73H,3-66H2,1-2H3,(H,71,74). The van der Waals surface area contributed by atoms with Crippen LogP contribution in [0.2, 0.25) is 0 Å². The van der Waals surface area contributed by atoms with Gasteiger partial charge in [0.2, 0.25) is 5.91 Å². The Hall–Kier alpha value is -1.14. The maximum atomic E-state index is 12.5. The molecule has 2 atom stereocenters. The second-order valence-corrected chi connectivity index (χ2v) is 24.6. The minimum atomic E-state index is -0.660. The third-order valence-corrected chi connectivity index (χ3v) is 16.9. The zero-order valence-electron chi connectivity index (χ0n) is 52.0. The van der Waals surface area contributed by atoms with Crippen molar-refractivity contribution in [2.45, 2.75) is 424 Å². The van der Waals surface area contributed by atoms with Gasteiger partial charge in [-0.1, -0.05) is 373 Å². The number of rotatable bonds is 67. The molecule has 0 aromatic carbocycles. The molecular weight excluding hydrogens is 935 g/mol. The number of ether oxygens (including phenoxy) is 1. The molecule has 0 aliphatic carbocycles. The number of hydrogen-bond donors (Lipinski definition) is 3. The van der Waals surface area contributed by atoms with Gasteiger partial charge in [0.1, 0.15) is 0 Å². The van der Waals surface area contributed by atoms with Gasteiger partial charge in [-0.15, -0.1) is 0 Å². The largest absolute Gasteiger partial charge is 0.466 e. The molecule has 0 rings (SSSR count). The third-order valence-electron chi connectivity index (χ3n) is 16.9. The van der Waals surface area contributed by atoms with E-state index in [1.54, 1.807) is 0 Å². The van der Waals surface area contributed by atoms with Crippen LogP contribution >= 0.6 is 0 Å². The Morgan fingerprint density at radius 3 is 0.803 bits per heavy atom. The third kappa shape index (κ3) is 62.1. The van der Waals surface area contributed by atoms with E-state index in [4.69, 9.17) is 4.74 Å². The van der Waals surface area contributed by atoms with E-state index < -0.39 is 12.1 Å². The van der Waals surface area contributed by atoms with Crippen molar-refractivity contribution >= 4 is 11.9 Å². The van der Waals surface area contributed by atoms with E-state index in [2.05, 4.69) is 19.2 Å². The molecule has 6 heteroatoms. The van der Waals surface area contributed by atoms with Gasteiger partial charge < -0.3 is 20.3 Å². The highest BCUT2D eigenvalue weighted by atomic mass is 16.5. The van der Waals surface area contributed by atoms with Crippen molar-refractivity contribution in [2.75, 3.05) is 13.2 Å². The maximum absolute atomic E-state index is 12.5. The van der Waals surface area contributed by atoms with Gasteiger partial charge in [0.05, 0.1) is 25.4 Å². The normalized spacial score (nSPS) is 12.4. The second-order valence-electron chi connectivity index (χ2n) is 24.6. The number of unbranched alkanes of at least 4 members (excludes halogenated alkanes) is 56. The molecule has 0 heterocycles. The molecule has 0 fully saturated rings. The smallest absolute Gasteiger partial charge is 0.305 e. The molecule has 6 nitrogen and oxygen atoms in total. The molecule has 2 unspecified atom stereocenters. The maximum Gasteiger partial charge on any atom is 0.305 e. The van der Waals surface area contributed by atoms with Crippen LogP contribution in [0.5, 0.6) is 0 Å². The number of carbonyl (C=O) groups is 2. The lowest BCUT2D eigenvalue weighted by atomic mass is 10.0. The SMILES string of the molecule is CCCCCCCCCCCCCCCCCCCCCC(=O)OCCCCCCCCCCCCCCCCCCCCCCCCCCCCCC(=O)NC(CO)C(O)CCCCCCCCCCCCCCC. The van der Waals surface area contributed by atoms with Crippen LogP contribution in [0.25, 0.3) is 0 Å². The molecule has 3 N–H and O–H groups in total. The van der Waals surface area contributed by atoms with Crippen LogP contribution in [-0.2, 0) is 14.3 Å². The van der Waals surface area contributed by atoms with Crippen LogP contribution in [0.15, 0.2) is 0 Å². The Labute approximate surface area is 476 Å². The number of aliphatic hydroxyl groups excluding tert-OH is 2. The Balaban J connectivity index is 3.30. The number of esters is 1. The number of carbonyl (C=O) groups excluding carboxylic acids is 2. The molecule has 0 spiro atoms. The van der Waals surface area contributed by atoms with E-state index in [-0.39, 0.29) is 18.5 Å². The van der Waals surface area contributed by atoms with E-state index in [1.807, 2.05) is 0 Å². The monoisotopic (exact) mass is 1070 g/mol. The Morgan fingerprint density at radius 1 is 0.316 bits per heavy atom. The highest BCUT2D eigenvalue weighted by Gasteiger charge is 2.20. The van der Waals surface area contributed by atoms with Crippen molar-refractivity contribution in [3.8, 4) is 0 Å². The minimum Gasteiger partial charge on any atom is -0.466 e. The van der Waals surface area contributed by atoms with Gasteiger partial charge in [0, 0.05) is 12.8 Å². The van der Waals surface area contributed by atoms with Crippen molar-refractivity contribution < 1.29 is 24.5 Å². The highest BCUT2D eigenvalue weighted by Crippen LogP contribution is 2.20. The van der Waals surface area contributed by atoms with Crippen LogP contribution in [0.1, 0.15) is 412 Å². The zero-order valence-corrected chi connectivity index (χ0v) is 52.0. The van der Waals surface area contributed by atoms with Crippen molar-refractivity contribution in [3.05, 3.63) is 0 Å². The Kier molecular flexibility index (Phi) is 65.4. The summed E-state index contributed by atoms with van der Waals surface area (Å²) < 4.78 is 5.52. The van der Waals surface area contributed by atoms with Crippen LogP contribution in [0.4, 0.5) is 0 Å². The average Bonchev–Trinajstić information content (AvgIpc) is 3.42. The number of amides is 1. The number of nitrogens with one attached hydrogen (secondary N) is 1. The van der Waals surface area contributed by atoms with Gasteiger partial charge in [-0.25, -0.2) is 0 Å². The van der Waals surface area contributed by atoms with Gasteiger partial charge >= 0.3 is 5.97 Å². The molecule has 0 saturated carbocycles. The van der Waals surface area contributed by atoms with E-state index in [1.165, 1.54) is 340 Å². The van der Waals surface area contributed by atoms with Crippen molar-refractivity contribution in [1.29, 1.82) is 0 Å². The van der Waals surface area contributed by atoms with E-state index in [9.17, 15) is 19.8 Å². The molecule has 1 amide bonds. The molecule has 76 heavy (non-hydrogen) atoms. The van der Waals surface area contributed by atoms with E-state index in [0.717, 1.165) is 38.5 Å². The summed E-state index contributed by atoms with van der Waals surface area (Å²) in [6, 6.07) is -0.537. The lowest BCUT2D eigenvalue weighted by Crippen LogP contribution is -2.45. The molecule has 454 valence electrons. The summed E-state index contributed by atoms with van der Waals surface area (Å²) in [5, 5.41) is 23.3. The molecule has 0 aromatic rings. The molecule has 0 aliphatic rings. The van der Waals surface area contributed by atoms with Crippen LogP contribution in [0.3, 0.4) is 0 Å². The fourth-order valence-electron chi connectivity index (χ4n) is 11.5. The van der Waals surface area contributed by atoms with Gasteiger partial charge in [-0.2, -0.15) is 0 Å². The Bertz CT molecular complexity index is 1100. The molecule has 0 aliphatic heterocycles. The molecule has 0 bridgehead atoms. The minimum absolute atomic E-state index is 0.0241. The second kappa shape index (κ2) is 66.4.